The molecule has 1 aromatic carbocycles. The highest BCUT2D eigenvalue weighted by Gasteiger charge is 2.30. The van der Waals surface area contributed by atoms with Crippen LogP contribution in [0.2, 0.25) is 0 Å². The Morgan fingerprint density at radius 2 is 2.10 bits per heavy atom. The lowest BCUT2D eigenvalue weighted by Gasteiger charge is -2.32. The van der Waals surface area contributed by atoms with Gasteiger partial charge in [0.05, 0.1) is 12.1 Å². The minimum Gasteiger partial charge on any atom is -0.345 e. The van der Waals surface area contributed by atoms with Crippen molar-refractivity contribution in [3.8, 4) is 0 Å². The first kappa shape index (κ1) is 13.5. The number of benzene rings is 1. The number of piperazine rings is 1. The maximum atomic E-state index is 11.9. The van der Waals surface area contributed by atoms with Crippen molar-refractivity contribution < 1.29 is 9.59 Å². The van der Waals surface area contributed by atoms with Gasteiger partial charge in [-0.1, -0.05) is 24.3 Å². The second-order valence-electron chi connectivity index (χ2n) is 5.22. The molecule has 0 spiro atoms. The van der Waals surface area contributed by atoms with Crippen LogP contribution in [0.5, 0.6) is 0 Å². The molecular weight excluding hydrogens is 266 g/mol. The number of pyridine rings is 1. The summed E-state index contributed by atoms with van der Waals surface area (Å²) in [7, 11) is 0. The third-order valence-corrected chi connectivity index (χ3v) is 3.92. The average Bonchev–Trinajstić information content (AvgIpc) is 2.51. The van der Waals surface area contributed by atoms with Gasteiger partial charge < -0.3 is 10.2 Å². The van der Waals surface area contributed by atoms with Crippen molar-refractivity contribution in [1.29, 1.82) is 0 Å². The predicted octanol–water partition coefficient (Wildman–Crippen LogP) is 1.12. The standard InChI is InChI=1S/C16H17N3O2/c1-11-16(21)18-10-14(20)19(11)9-7-13-5-2-4-12-6-3-8-17-15(12)13/h2-6,8,11H,7,9-10H2,1H3,(H,18,21). The topological polar surface area (TPSA) is 62.3 Å². The number of rotatable bonds is 3. The third kappa shape index (κ3) is 2.59. The van der Waals surface area contributed by atoms with Gasteiger partial charge in [-0.3, -0.25) is 14.6 Å². The number of para-hydroxylation sites is 1. The van der Waals surface area contributed by atoms with E-state index < -0.39 is 6.04 Å². The zero-order chi connectivity index (χ0) is 14.8. The number of carbonyl (C=O) groups excluding carboxylic acids is 2. The summed E-state index contributed by atoms with van der Waals surface area (Å²) in [6.45, 7) is 2.38. The van der Waals surface area contributed by atoms with E-state index >= 15 is 0 Å². The Labute approximate surface area is 123 Å². The van der Waals surface area contributed by atoms with E-state index in [9.17, 15) is 9.59 Å². The molecule has 0 aliphatic carbocycles. The van der Waals surface area contributed by atoms with Gasteiger partial charge >= 0.3 is 0 Å². The van der Waals surface area contributed by atoms with E-state index in [0.717, 1.165) is 16.5 Å². The Kier molecular flexibility index (Phi) is 3.56. The van der Waals surface area contributed by atoms with Crippen molar-refractivity contribution in [3.63, 3.8) is 0 Å². The van der Waals surface area contributed by atoms with E-state index in [2.05, 4.69) is 10.3 Å². The summed E-state index contributed by atoms with van der Waals surface area (Å²) in [5.74, 6) is -0.124. The van der Waals surface area contributed by atoms with Crippen LogP contribution < -0.4 is 5.32 Å². The maximum Gasteiger partial charge on any atom is 0.242 e. The highest BCUT2D eigenvalue weighted by atomic mass is 16.2. The average molecular weight is 283 g/mol. The van der Waals surface area contributed by atoms with Crippen LogP contribution >= 0.6 is 0 Å². The van der Waals surface area contributed by atoms with Gasteiger partial charge in [0.2, 0.25) is 11.8 Å². The summed E-state index contributed by atoms with van der Waals surface area (Å²) in [6, 6.07) is 9.56. The van der Waals surface area contributed by atoms with Crippen LogP contribution in [0.25, 0.3) is 10.9 Å². The highest BCUT2D eigenvalue weighted by molar-refractivity contribution is 5.94. The molecule has 2 heterocycles. The number of nitrogens with zero attached hydrogens (tertiary/aromatic N) is 2. The lowest BCUT2D eigenvalue weighted by atomic mass is 10.1. The SMILES string of the molecule is CC1C(=O)NCC(=O)N1CCc1cccc2cccnc12. The van der Waals surface area contributed by atoms with Gasteiger partial charge in [-0.25, -0.2) is 0 Å². The molecule has 1 unspecified atom stereocenters. The fraction of sp³-hybridized carbons (Fsp3) is 0.312. The first-order chi connectivity index (χ1) is 10.2. The lowest BCUT2D eigenvalue weighted by Crippen LogP contribution is -2.57. The minimum absolute atomic E-state index is 0.0321. The number of amides is 2. The van der Waals surface area contributed by atoms with Crippen molar-refractivity contribution in [3.05, 3.63) is 42.1 Å². The van der Waals surface area contributed by atoms with Crippen LogP contribution in [0.15, 0.2) is 36.5 Å². The predicted molar refractivity (Wildman–Crippen MR) is 79.6 cm³/mol. The Balaban J connectivity index is 1.80. The molecule has 108 valence electrons. The molecule has 1 aromatic heterocycles. The molecule has 1 aliphatic rings. The van der Waals surface area contributed by atoms with Crippen LogP contribution in [0, 0.1) is 0 Å². The van der Waals surface area contributed by atoms with Gasteiger partial charge in [-0.2, -0.15) is 0 Å². The molecular formula is C16H17N3O2. The summed E-state index contributed by atoms with van der Waals surface area (Å²) in [6.07, 6.45) is 2.46. The number of carbonyl (C=O) groups is 2. The number of fused-ring (bicyclic) bond motifs is 1. The number of aromatic nitrogens is 1. The molecule has 0 bridgehead atoms. The zero-order valence-electron chi connectivity index (χ0n) is 11.9. The van der Waals surface area contributed by atoms with E-state index in [1.54, 1.807) is 18.0 Å². The summed E-state index contributed by atoms with van der Waals surface area (Å²) >= 11 is 0. The summed E-state index contributed by atoms with van der Waals surface area (Å²) in [5, 5.41) is 3.69. The Hall–Kier alpha value is -2.43. The summed E-state index contributed by atoms with van der Waals surface area (Å²) in [4.78, 5) is 29.6. The largest absolute Gasteiger partial charge is 0.345 e. The monoisotopic (exact) mass is 283 g/mol. The van der Waals surface area contributed by atoms with Gasteiger partial charge in [0, 0.05) is 18.1 Å². The molecule has 5 nitrogen and oxygen atoms in total. The van der Waals surface area contributed by atoms with Crippen LogP contribution in [-0.2, 0) is 16.0 Å². The molecule has 3 rings (SSSR count). The number of hydrogen-bond acceptors (Lipinski definition) is 3. The second-order valence-corrected chi connectivity index (χ2v) is 5.22. The molecule has 0 saturated carbocycles. The second kappa shape index (κ2) is 5.52. The lowest BCUT2D eigenvalue weighted by molar-refractivity contribution is -0.144. The van der Waals surface area contributed by atoms with Crippen molar-refractivity contribution in [2.75, 3.05) is 13.1 Å². The van der Waals surface area contributed by atoms with E-state index in [4.69, 9.17) is 0 Å². The molecule has 1 aliphatic heterocycles. The zero-order valence-corrected chi connectivity index (χ0v) is 11.9. The highest BCUT2D eigenvalue weighted by Crippen LogP contribution is 2.17. The van der Waals surface area contributed by atoms with Crippen LogP contribution in [-0.4, -0.2) is 40.8 Å². The van der Waals surface area contributed by atoms with Crippen LogP contribution in [0.1, 0.15) is 12.5 Å². The number of nitrogens with one attached hydrogen (secondary N) is 1. The number of hydrogen-bond donors (Lipinski definition) is 1. The normalized spacial score (nSPS) is 18.9. The first-order valence-corrected chi connectivity index (χ1v) is 7.06. The maximum absolute atomic E-state index is 11.9. The van der Waals surface area contributed by atoms with Crippen LogP contribution in [0.4, 0.5) is 0 Å². The minimum atomic E-state index is -0.408. The Bertz CT molecular complexity index is 693. The van der Waals surface area contributed by atoms with E-state index in [0.29, 0.717) is 13.0 Å². The quantitative estimate of drug-likeness (QED) is 0.918. The fourth-order valence-electron chi connectivity index (χ4n) is 2.70. The van der Waals surface area contributed by atoms with Crippen molar-refractivity contribution >= 4 is 22.7 Å². The molecule has 1 atom stereocenters. The van der Waals surface area contributed by atoms with Crippen molar-refractivity contribution in [1.82, 2.24) is 15.2 Å². The fourth-order valence-corrected chi connectivity index (χ4v) is 2.70. The molecule has 1 N–H and O–H groups in total. The molecule has 21 heavy (non-hydrogen) atoms. The smallest absolute Gasteiger partial charge is 0.242 e. The van der Waals surface area contributed by atoms with Crippen molar-refractivity contribution in [2.24, 2.45) is 0 Å². The molecule has 1 saturated heterocycles. The Morgan fingerprint density at radius 3 is 2.95 bits per heavy atom. The third-order valence-electron chi connectivity index (χ3n) is 3.92. The van der Waals surface area contributed by atoms with Gasteiger partial charge in [0.25, 0.3) is 0 Å². The molecule has 1 fully saturated rings. The van der Waals surface area contributed by atoms with Gasteiger partial charge in [0.1, 0.15) is 6.04 Å². The molecule has 0 radical (unpaired) electrons. The molecule has 2 amide bonds. The van der Waals surface area contributed by atoms with E-state index in [1.165, 1.54) is 0 Å². The first-order valence-electron chi connectivity index (χ1n) is 7.06. The van der Waals surface area contributed by atoms with Crippen molar-refractivity contribution in [2.45, 2.75) is 19.4 Å². The van der Waals surface area contributed by atoms with Gasteiger partial charge in [0.15, 0.2) is 0 Å². The van der Waals surface area contributed by atoms with Crippen LogP contribution in [0.3, 0.4) is 0 Å². The van der Waals surface area contributed by atoms with E-state index in [1.807, 2.05) is 30.3 Å². The molecule has 2 aromatic rings. The van der Waals surface area contributed by atoms with Gasteiger partial charge in [-0.05, 0) is 25.0 Å². The Morgan fingerprint density at radius 1 is 1.29 bits per heavy atom. The molecule has 5 heteroatoms. The van der Waals surface area contributed by atoms with E-state index in [-0.39, 0.29) is 18.4 Å². The van der Waals surface area contributed by atoms with Gasteiger partial charge in [-0.15, -0.1) is 0 Å². The summed E-state index contributed by atoms with van der Waals surface area (Å²) < 4.78 is 0. The summed E-state index contributed by atoms with van der Waals surface area (Å²) in [5.41, 5.74) is 2.06.